The highest BCUT2D eigenvalue weighted by Crippen LogP contribution is 2.21. The van der Waals surface area contributed by atoms with Crippen molar-refractivity contribution < 1.29 is 9.80 Å². The molecule has 0 radical (unpaired) electrons. The van der Waals surface area contributed by atoms with E-state index in [1.165, 1.54) is 31.9 Å². The smallest absolute Gasteiger partial charge is 0.328 e. The van der Waals surface area contributed by atoms with Crippen molar-refractivity contribution in [2.75, 3.05) is 33.2 Å². The number of hydrogen-bond acceptors (Lipinski definition) is 3. The van der Waals surface area contributed by atoms with Crippen LogP contribution in [0.5, 0.6) is 0 Å². The minimum Gasteiger partial charge on any atom is -0.328 e. The van der Waals surface area contributed by atoms with Crippen molar-refractivity contribution in [1.82, 2.24) is 18.7 Å². The van der Waals surface area contributed by atoms with Crippen molar-refractivity contribution in [3.8, 4) is 0 Å². The molecule has 1 aliphatic heterocycles. The van der Waals surface area contributed by atoms with E-state index in [9.17, 15) is 9.59 Å². The number of fused-ring (bicyclic) bond motifs is 2. The largest absolute Gasteiger partial charge is 0.332 e. The van der Waals surface area contributed by atoms with Crippen LogP contribution >= 0.6 is 0 Å². The van der Waals surface area contributed by atoms with E-state index in [1.807, 2.05) is 16.7 Å². The molecule has 8 nitrogen and oxygen atoms in total. The van der Waals surface area contributed by atoms with Gasteiger partial charge in [-0.15, -0.1) is 0 Å². The zero-order valence-corrected chi connectivity index (χ0v) is 18.9. The predicted octanol–water partition coefficient (Wildman–Crippen LogP) is -1.45. The lowest BCUT2D eigenvalue weighted by Crippen LogP contribution is -3.26. The van der Waals surface area contributed by atoms with E-state index >= 15 is 0 Å². The molecule has 1 aliphatic rings. The molecule has 8 heteroatoms. The summed E-state index contributed by atoms with van der Waals surface area (Å²) in [6.07, 6.45) is 0. The molecule has 2 aromatic carbocycles. The van der Waals surface area contributed by atoms with Crippen LogP contribution in [0, 0.1) is 0 Å². The summed E-state index contributed by atoms with van der Waals surface area (Å²) in [5.41, 5.74) is 1.46. The SMILES string of the molecule is Cn1c(=O)c2c(nc(C[NH+]3CC[NH+](C)CC3)n2Cc2cccc3ccccc23)n(C)c1=O. The van der Waals surface area contributed by atoms with Gasteiger partial charge in [0.2, 0.25) is 0 Å². The van der Waals surface area contributed by atoms with Crippen LogP contribution in [0.15, 0.2) is 52.1 Å². The number of nitrogens with one attached hydrogen (secondary N) is 2. The summed E-state index contributed by atoms with van der Waals surface area (Å²) in [7, 11) is 5.45. The molecule has 2 N–H and O–H groups in total. The number of rotatable bonds is 4. The molecule has 0 amide bonds. The fourth-order valence-electron chi connectivity index (χ4n) is 4.83. The first kappa shape index (κ1) is 20.7. The second kappa shape index (κ2) is 8.03. The Labute approximate surface area is 185 Å². The predicted molar refractivity (Wildman–Crippen MR) is 124 cm³/mol. The molecule has 4 aromatic rings. The monoisotopic (exact) mass is 434 g/mol. The van der Waals surface area contributed by atoms with E-state index in [0.717, 1.165) is 44.1 Å². The van der Waals surface area contributed by atoms with Crippen LogP contribution in [0.1, 0.15) is 11.4 Å². The third-order valence-electron chi connectivity index (χ3n) is 6.85. The second-order valence-electron chi connectivity index (χ2n) is 9.01. The number of aryl methyl sites for hydroxylation is 1. The lowest BCUT2D eigenvalue weighted by atomic mass is 10.0. The zero-order valence-electron chi connectivity index (χ0n) is 18.9. The number of imidazole rings is 1. The van der Waals surface area contributed by atoms with Gasteiger partial charge in [0.05, 0.1) is 13.6 Å². The molecular weight excluding hydrogens is 404 g/mol. The highest BCUT2D eigenvalue weighted by molar-refractivity contribution is 5.85. The van der Waals surface area contributed by atoms with Gasteiger partial charge in [-0.2, -0.15) is 0 Å². The summed E-state index contributed by atoms with van der Waals surface area (Å²) in [6.45, 7) is 5.67. The summed E-state index contributed by atoms with van der Waals surface area (Å²) in [6, 6.07) is 14.6. The summed E-state index contributed by atoms with van der Waals surface area (Å²) in [4.78, 5) is 33.6. The number of quaternary nitrogens is 2. The molecule has 0 unspecified atom stereocenters. The summed E-state index contributed by atoms with van der Waals surface area (Å²) in [5.74, 6) is 0.862. The Hall–Kier alpha value is -3.23. The molecule has 1 fully saturated rings. The van der Waals surface area contributed by atoms with Crippen molar-refractivity contribution in [2.45, 2.75) is 13.1 Å². The molecule has 2 aromatic heterocycles. The summed E-state index contributed by atoms with van der Waals surface area (Å²) < 4.78 is 4.71. The molecule has 0 aliphatic carbocycles. The first-order chi connectivity index (χ1) is 15.4. The van der Waals surface area contributed by atoms with Crippen molar-refractivity contribution in [3.05, 3.63) is 74.7 Å². The number of aromatic nitrogens is 4. The number of likely N-dealkylation sites (N-methyl/N-ethyl adjacent to an activating group) is 1. The van der Waals surface area contributed by atoms with E-state index in [-0.39, 0.29) is 11.2 Å². The zero-order chi connectivity index (χ0) is 22.4. The van der Waals surface area contributed by atoms with Crippen LogP contribution in [0.2, 0.25) is 0 Å². The normalized spacial score (nSPS) is 19.1. The Morgan fingerprint density at radius 2 is 1.66 bits per heavy atom. The van der Waals surface area contributed by atoms with Crippen LogP contribution in [0.3, 0.4) is 0 Å². The van der Waals surface area contributed by atoms with Gasteiger partial charge in [-0.1, -0.05) is 42.5 Å². The second-order valence-corrected chi connectivity index (χ2v) is 9.01. The van der Waals surface area contributed by atoms with Gasteiger partial charge in [0.15, 0.2) is 17.0 Å². The van der Waals surface area contributed by atoms with E-state index in [2.05, 4.69) is 37.4 Å². The first-order valence-electron chi connectivity index (χ1n) is 11.2. The fraction of sp³-hybridized carbons (Fsp3) is 0.375. The summed E-state index contributed by atoms with van der Waals surface area (Å²) in [5, 5.41) is 2.34. The van der Waals surface area contributed by atoms with Crippen molar-refractivity contribution in [2.24, 2.45) is 14.1 Å². The lowest BCUT2D eigenvalue weighted by molar-refractivity contribution is -1.01. The van der Waals surface area contributed by atoms with Crippen LogP contribution < -0.4 is 21.0 Å². The third-order valence-corrected chi connectivity index (χ3v) is 6.85. The van der Waals surface area contributed by atoms with E-state index in [0.29, 0.717) is 17.7 Å². The molecule has 32 heavy (non-hydrogen) atoms. The van der Waals surface area contributed by atoms with Crippen LogP contribution in [-0.4, -0.2) is 51.9 Å². The average Bonchev–Trinajstić information content (AvgIpc) is 3.16. The van der Waals surface area contributed by atoms with Gasteiger partial charge >= 0.3 is 5.69 Å². The third kappa shape index (κ3) is 3.45. The maximum absolute atomic E-state index is 13.2. The molecule has 0 spiro atoms. The highest BCUT2D eigenvalue weighted by atomic mass is 16.2. The Bertz CT molecular complexity index is 1420. The maximum atomic E-state index is 13.2. The average molecular weight is 435 g/mol. The quantitative estimate of drug-likeness (QED) is 0.413. The van der Waals surface area contributed by atoms with Crippen LogP contribution in [0.25, 0.3) is 21.9 Å². The molecule has 3 heterocycles. The minimum atomic E-state index is -0.348. The van der Waals surface area contributed by atoms with Crippen molar-refractivity contribution in [1.29, 1.82) is 0 Å². The number of benzene rings is 2. The minimum absolute atomic E-state index is 0.292. The van der Waals surface area contributed by atoms with Gasteiger partial charge < -0.3 is 14.4 Å². The number of hydrogen-bond donors (Lipinski definition) is 2. The van der Waals surface area contributed by atoms with Crippen molar-refractivity contribution >= 4 is 21.9 Å². The molecule has 1 saturated heterocycles. The Balaban J connectivity index is 1.68. The molecular formula is C24H30N6O2+2. The van der Waals surface area contributed by atoms with Gasteiger partial charge in [-0.05, 0) is 16.3 Å². The summed E-state index contributed by atoms with van der Waals surface area (Å²) >= 11 is 0. The van der Waals surface area contributed by atoms with Gasteiger partial charge in [-0.3, -0.25) is 13.9 Å². The number of piperazine rings is 1. The Morgan fingerprint density at radius 3 is 2.44 bits per heavy atom. The van der Waals surface area contributed by atoms with Gasteiger partial charge in [0.25, 0.3) is 5.56 Å². The Morgan fingerprint density at radius 1 is 0.938 bits per heavy atom. The highest BCUT2D eigenvalue weighted by Gasteiger charge is 2.25. The van der Waals surface area contributed by atoms with E-state index in [1.54, 1.807) is 11.9 Å². The van der Waals surface area contributed by atoms with Gasteiger partial charge in [0.1, 0.15) is 32.7 Å². The van der Waals surface area contributed by atoms with E-state index in [4.69, 9.17) is 4.98 Å². The first-order valence-corrected chi connectivity index (χ1v) is 11.2. The fourth-order valence-corrected chi connectivity index (χ4v) is 4.83. The van der Waals surface area contributed by atoms with Crippen molar-refractivity contribution in [3.63, 3.8) is 0 Å². The van der Waals surface area contributed by atoms with Crippen LogP contribution in [-0.2, 0) is 27.2 Å². The van der Waals surface area contributed by atoms with E-state index < -0.39 is 0 Å². The molecule has 0 atom stereocenters. The molecule has 0 bridgehead atoms. The topological polar surface area (TPSA) is 70.7 Å². The lowest BCUT2D eigenvalue weighted by Gasteiger charge is -2.27. The maximum Gasteiger partial charge on any atom is 0.332 e. The van der Waals surface area contributed by atoms with Gasteiger partial charge in [0, 0.05) is 14.1 Å². The number of nitrogens with zero attached hydrogens (tertiary/aromatic N) is 4. The van der Waals surface area contributed by atoms with Gasteiger partial charge in [-0.25, -0.2) is 9.78 Å². The molecule has 0 saturated carbocycles. The Kier molecular flexibility index (Phi) is 5.19. The molecule has 166 valence electrons. The standard InChI is InChI=1S/C24H28N6O2/c1-26-11-13-29(14-12-26)16-20-25-22-21(23(31)28(3)24(32)27(22)2)30(20)15-18-9-6-8-17-7-4-5-10-19(17)18/h4-10H,11-16H2,1-3H3/p+2. The van der Waals surface area contributed by atoms with Crippen LogP contribution in [0.4, 0.5) is 0 Å². The molecule has 5 rings (SSSR count).